The average molecular weight is 276 g/mol. The lowest BCUT2D eigenvalue weighted by Crippen LogP contribution is -2.43. The van der Waals surface area contributed by atoms with Crippen molar-refractivity contribution in [3.8, 4) is 0 Å². The number of amides is 1. The molecule has 0 spiro atoms. The van der Waals surface area contributed by atoms with Gasteiger partial charge in [0.25, 0.3) is 0 Å². The predicted molar refractivity (Wildman–Crippen MR) is 77.0 cm³/mol. The molecule has 0 unspecified atom stereocenters. The highest BCUT2D eigenvalue weighted by Gasteiger charge is 2.41. The van der Waals surface area contributed by atoms with Gasteiger partial charge in [0.05, 0.1) is 19.4 Å². The molecule has 20 heavy (non-hydrogen) atoms. The molecule has 2 aliphatic carbocycles. The van der Waals surface area contributed by atoms with Crippen LogP contribution in [-0.4, -0.2) is 18.5 Å². The first-order valence-corrected chi connectivity index (χ1v) is 7.75. The first kappa shape index (κ1) is 13.7. The number of furan rings is 1. The smallest absolute Gasteiger partial charge is 0.234 e. The highest BCUT2D eigenvalue weighted by molar-refractivity contribution is 5.78. The van der Waals surface area contributed by atoms with Gasteiger partial charge in [0.15, 0.2) is 0 Å². The van der Waals surface area contributed by atoms with E-state index in [1.165, 1.54) is 25.7 Å². The lowest BCUT2D eigenvalue weighted by Gasteiger charge is -2.28. The number of carbonyl (C=O) groups is 1. The number of hydrogen-bond acceptors (Lipinski definition) is 3. The standard InChI is InChI=1S/C16H24N2O2/c1-11(15-8-12-4-5-13(15)7-12)18-16(19)10-17-9-14-3-2-6-20-14/h2-3,6,11-13,15,17H,4-5,7-10H2,1H3,(H,18,19)/t11-,12-,13+,15-/m1/s1. The van der Waals surface area contributed by atoms with Gasteiger partial charge in [-0.3, -0.25) is 4.79 Å². The number of nitrogens with one attached hydrogen (secondary N) is 2. The summed E-state index contributed by atoms with van der Waals surface area (Å²) in [6.07, 6.45) is 7.13. The van der Waals surface area contributed by atoms with E-state index in [4.69, 9.17) is 4.42 Å². The quantitative estimate of drug-likeness (QED) is 0.838. The first-order valence-electron chi connectivity index (χ1n) is 7.75. The van der Waals surface area contributed by atoms with Crippen molar-refractivity contribution in [2.45, 2.75) is 45.2 Å². The molecule has 1 aromatic rings. The van der Waals surface area contributed by atoms with Crippen LogP contribution in [0.25, 0.3) is 0 Å². The Balaban J connectivity index is 1.38. The van der Waals surface area contributed by atoms with Gasteiger partial charge in [-0.2, -0.15) is 0 Å². The van der Waals surface area contributed by atoms with Crippen LogP contribution in [0.15, 0.2) is 22.8 Å². The molecule has 4 atom stereocenters. The van der Waals surface area contributed by atoms with Gasteiger partial charge >= 0.3 is 0 Å². The summed E-state index contributed by atoms with van der Waals surface area (Å²) in [5, 5.41) is 6.27. The zero-order valence-electron chi connectivity index (χ0n) is 12.1. The van der Waals surface area contributed by atoms with E-state index in [-0.39, 0.29) is 5.91 Å². The van der Waals surface area contributed by atoms with Crippen LogP contribution >= 0.6 is 0 Å². The minimum absolute atomic E-state index is 0.0897. The molecule has 0 aliphatic heterocycles. The molecule has 2 fully saturated rings. The summed E-state index contributed by atoms with van der Waals surface area (Å²) >= 11 is 0. The minimum atomic E-state index is 0.0897. The molecule has 0 saturated heterocycles. The summed E-state index contributed by atoms with van der Waals surface area (Å²) in [7, 11) is 0. The van der Waals surface area contributed by atoms with Crippen LogP contribution in [0, 0.1) is 17.8 Å². The van der Waals surface area contributed by atoms with Gasteiger partial charge in [0.2, 0.25) is 5.91 Å². The average Bonchev–Trinajstić information content (AvgIpc) is 3.15. The molecule has 0 aromatic carbocycles. The van der Waals surface area contributed by atoms with E-state index in [0.717, 1.165) is 17.6 Å². The van der Waals surface area contributed by atoms with Crippen LogP contribution < -0.4 is 10.6 Å². The van der Waals surface area contributed by atoms with Gasteiger partial charge in [-0.15, -0.1) is 0 Å². The number of hydrogen-bond donors (Lipinski definition) is 2. The molecule has 3 rings (SSSR count). The maximum atomic E-state index is 11.9. The molecule has 2 N–H and O–H groups in total. The molecule has 2 bridgehead atoms. The Hall–Kier alpha value is -1.29. The molecule has 1 aromatic heterocycles. The predicted octanol–water partition coefficient (Wildman–Crippen LogP) is 2.31. The molecule has 1 heterocycles. The largest absolute Gasteiger partial charge is 0.468 e. The first-order chi connectivity index (χ1) is 9.72. The van der Waals surface area contributed by atoms with Gasteiger partial charge in [0.1, 0.15) is 5.76 Å². The van der Waals surface area contributed by atoms with Crippen molar-refractivity contribution in [3.05, 3.63) is 24.2 Å². The molecule has 4 heteroatoms. The van der Waals surface area contributed by atoms with E-state index in [1.807, 2.05) is 12.1 Å². The van der Waals surface area contributed by atoms with Gasteiger partial charge in [-0.05, 0) is 56.1 Å². The highest BCUT2D eigenvalue weighted by atomic mass is 16.3. The Kier molecular flexibility index (Phi) is 4.10. The molecule has 2 saturated carbocycles. The van der Waals surface area contributed by atoms with E-state index in [9.17, 15) is 4.79 Å². The fourth-order valence-electron chi connectivity index (χ4n) is 4.03. The van der Waals surface area contributed by atoms with Gasteiger partial charge in [-0.1, -0.05) is 6.42 Å². The summed E-state index contributed by atoms with van der Waals surface area (Å²) in [5.41, 5.74) is 0. The van der Waals surface area contributed by atoms with Crippen LogP contribution in [-0.2, 0) is 11.3 Å². The van der Waals surface area contributed by atoms with Crippen molar-refractivity contribution in [2.24, 2.45) is 17.8 Å². The molecule has 1 amide bonds. The maximum Gasteiger partial charge on any atom is 0.234 e. The van der Waals surface area contributed by atoms with Crippen molar-refractivity contribution >= 4 is 5.91 Å². The second kappa shape index (κ2) is 6.00. The third-order valence-corrected chi connectivity index (χ3v) is 4.99. The molecule has 2 aliphatic rings. The number of fused-ring (bicyclic) bond motifs is 2. The topological polar surface area (TPSA) is 54.3 Å². The molecular weight excluding hydrogens is 252 g/mol. The van der Waals surface area contributed by atoms with E-state index >= 15 is 0 Å². The van der Waals surface area contributed by atoms with Crippen LogP contribution in [0.3, 0.4) is 0 Å². The Labute approximate surface area is 120 Å². The fraction of sp³-hybridized carbons (Fsp3) is 0.688. The zero-order valence-corrected chi connectivity index (χ0v) is 12.1. The van der Waals surface area contributed by atoms with Crippen LogP contribution in [0.1, 0.15) is 38.4 Å². The lowest BCUT2D eigenvalue weighted by molar-refractivity contribution is -0.121. The summed E-state index contributed by atoms with van der Waals surface area (Å²) < 4.78 is 5.22. The van der Waals surface area contributed by atoms with Gasteiger partial charge in [-0.25, -0.2) is 0 Å². The molecule has 0 radical (unpaired) electrons. The summed E-state index contributed by atoms with van der Waals surface area (Å²) in [6.45, 7) is 3.12. The van der Waals surface area contributed by atoms with E-state index in [1.54, 1.807) is 6.26 Å². The van der Waals surface area contributed by atoms with Crippen molar-refractivity contribution in [1.82, 2.24) is 10.6 Å². The Bertz CT molecular complexity index is 443. The maximum absolute atomic E-state index is 11.9. The van der Waals surface area contributed by atoms with Gasteiger partial charge < -0.3 is 15.1 Å². The van der Waals surface area contributed by atoms with E-state index in [0.29, 0.717) is 25.0 Å². The minimum Gasteiger partial charge on any atom is -0.468 e. The summed E-state index contributed by atoms with van der Waals surface area (Å²) in [5.74, 6) is 3.43. The Morgan fingerprint density at radius 3 is 3.00 bits per heavy atom. The van der Waals surface area contributed by atoms with Crippen molar-refractivity contribution in [2.75, 3.05) is 6.54 Å². The van der Waals surface area contributed by atoms with Crippen LogP contribution in [0.2, 0.25) is 0 Å². The summed E-state index contributed by atoms with van der Waals surface area (Å²) in [4.78, 5) is 11.9. The molecule has 110 valence electrons. The second-order valence-electron chi connectivity index (χ2n) is 6.38. The molecular formula is C16H24N2O2. The zero-order chi connectivity index (χ0) is 13.9. The third kappa shape index (κ3) is 3.06. The Morgan fingerprint density at radius 1 is 1.45 bits per heavy atom. The van der Waals surface area contributed by atoms with Crippen molar-refractivity contribution in [1.29, 1.82) is 0 Å². The number of rotatable bonds is 6. The SMILES string of the molecule is C[C@@H](NC(=O)CNCc1ccco1)[C@H]1C[C@@H]2CC[C@H]1C2. The van der Waals surface area contributed by atoms with Crippen molar-refractivity contribution < 1.29 is 9.21 Å². The van der Waals surface area contributed by atoms with E-state index in [2.05, 4.69) is 17.6 Å². The highest BCUT2D eigenvalue weighted by Crippen LogP contribution is 2.49. The summed E-state index contributed by atoms with van der Waals surface area (Å²) in [6, 6.07) is 4.07. The van der Waals surface area contributed by atoms with E-state index < -0.39 is 0 Å². The van der Waals surface area contributed by atoms with Crippen molar-refractivity contribution in [3.63, 3.8) is 0 Å². The molecule has 4 nitrogen and oxygen atoms in total. The monoisotopic (exact) mass is 276 g/mol. The van der Waals surface area contributed by atoms with Gasteiger partial charge in [0, 0.05) is 6.04 Å². The fourth-order valence-corrected chi connectivity index (χ4v) is 4.03. The third-order valence-electron chi connectivity index (χ3n) is 4.99. The van der Waals surface area contributed by atoms with Crippen LogP contribution in [0.5, 0.6) is 0 Å². The normalized spacial score (nSPS) is 29.6. The second-order valence-corrected chi connectivity index (χ2v) is 6.38. The lowest BCUT2D eigenvalue weighted by atomic mass is 9.84. The Morgan fingerprint density at radius 2 is 2.35 bits per heavy atom. The van der Waals surface area contributed by atoms with Crippen LogP contribution in [0.4, 0.5) is 0 Å². The number of carbonyl (C=O) groups excluding carboxylic acids is 1.